The molecule has 2 unspecified atom stereocenters. The molecule has 2 atom stereocenters. The van der Waals surface area contributed by atoms with Gasteiger partial charge in [0.2, 0.25) is 5.91 Å². The van der Waals surface area contributed by atoms with Crippen LogP contribution in [0, 0.1) is 12.7 Å². The summed E-state index contributed by atoms with van der Waals surface area (Å²) in [5.74, 6) is -0.527. The van der Waals surface area contributed by atoms with Gasteiger partial charge in [0.1, 0.15) is 5.82 Å². The highest BCUT2D eigenvalue weighted by atomic mass is 19.3. The Morgan fingerprint density at radius 2 is 1.91 bits per heavy atom. The summed E-state index contributed by atoms with van der Waals surface area (Å²) >= 11 is 0. The van der Waals surface area contributed by atoms with E-state index in [1.165, 1.54) is 12.1 Å². The van der Waals surface area contributed by atoms with Crippen LogP contribution < -0.4 is 10.2 Å². The summed E-state index contributed by atoms with van der Waals surface area (Å²) in [5, 5.41) is 13.3. The van der Waals surface area contributed by atoms with Crippen LogP contribution in [0.4, 0.5) is 24.7 Å². The lowest BCUT2D eigenvalue weighted by Gasteiger charge is -2.25. The van der Waals surface area contributed by atoms with Crippen LogP contribution in [0.1, 0.15) is 62.0 Å². The van der Waals surface area contributed by atoms with Gasteiger partial charge < -0.3 is 15.0 Å². The Labute approximate surface area is 201 Å². The number of anilines is 2. The first-order chi connectivity index (χ1) is 16.6. The molecule has 1 fully saturated rings. The number of amides is 1. The number of benzene rings is 2. The predicted octanol–water partition coefficient (Wildman–Crippen LogP) is 5.60. The van der Waals surface area contributed by atoms with Crippen molar-refractivity contribution in [3.8, 4) is 0 Å². The Hall–Kier alpha value is -3.20. The average molecular weight is 485 g/mol. The summed E-state index contributed by atoms with van der Waals surface area (Å²) in [7, 11) is 0. The fraction of sp³-hybridized carbons (Fsp3) is 0.423. The molecule has 1 N–H and O–H groups in total. The number of fused-ring (bicyclic) bond motifs is 2. The SMILES string of the molecule is Cc1nnc(NC(C)c2cccc(C(F)F)c2F)c2cc3c(cc12)C(C)(C)C(=O)N3C1CCOC1. The summed E-state index contributed by atoms with van der Waals surface area (Å²) in [6.07, 6.45) is -2.15. The lowest BCUT2D eigenvalue weighted by atomic mass is 9.85. The predicted molar refractivity (Wildman–Crippen MR) is 127 cm³/mol. The Bertz CT molecular complexity index is 1320. The number of ether oxygens (including phenoxy) is 1. The molecule has 1 saturated heterocycles. The van der Waals surface area contributed by atoms with Crippen molar-refractivity contribution >= 4 is 28.2 Å². The van der Waals surface area contributed by atoms with Crippen LogP contribution in [0.2, 0.25) is 0 Å². The molecule has 3 heterocycles. The molecule has 0 bridgehead atoms. The van der Waals surface area contributed by atoms with E-state index in [0.717, 1.165) is 34.5 Å². The number of hydrogen-bond acceptors (Lipinski definition) is 5. The number of carbonyl (C=O) groups is 1. The molecule has 0 aliphatic carbocycles. The molecule has 1 aromatic heterocycles. The number of aryl methyl sites for hydroxylation is 1. The molecular formula is C26H27F3N4O2. The van der Waals surface area contributed by atoms with E-state index in [1.807, 2.05) is 37.8 Å². The summed E-state index contributed by atoms with van der Waals surface area (Å²) in [5.41, 5.74) is 1.17. The lowest BCUT2D eigenvalue weighted by Crippen LogP contribution is -2.43. The van der Waals surface area contributed by atoms with Crippen molar-refractivity contribution in [3.63, 3.8) is 0 Å². The van der Waals surface area contributed by atoms with Crippen molar-refractivity contribution in [2.75, 3.05) is 23.4 Å². The van der Waals surface area contributed by atoms with Crippen LogP contribution in [0.15, 0.2) is 30.3 Å². The first-order valence-electron chi connectivity index (χ1n) is 11.7. The van der Waals surface area contributed by atoms with Crippen molar-refractivity contribution in [2.45, 2.75) is 58.0 Å². The van der Waals surface area contributed by atoms with Crippen LogP contribution in [0.3, 0.4) is 0 Å². The second kappa shape index (κ2) is 8.48. The summed E-state index contributed by atoms with van der Waals surface area (Å²) in [4.78, 5) is 15.3. The molecule has 184 valence electrons. The Kier molecular flexibility index (Phi) is 5.70. The molecular weight excluding hydrogens is 457 g/mol. The van der Waals surface area contributed by atoms with E-state index >= 15 is 0 Å². The Morgan fingerprint density at radius 3 is 2.60 bits per heavy atom. The van der Waals surface area contributed by atoms with Crippen LogP contribution >= 0.6 is 0 Å². The van der Waals surface area contributed by atoms with Crippen molar-refractivity contribution in [2.24, 2.45) is 0 Å². The van der Waals surface area contributed by atoms with Crippen molar-refractivity contribution in [1.82, 2.24) is 10.2 Å². The standard InChI is InChI=1S/C26H27F3N4O2/c1-13(16-6-5-7-17(22(16)27)23(28)29)30-24-19-11-21-20(10-18(19)14(2)31-32-24)26(3,4)25(34)33(21)15-8-9-35-12-15/h5-7,10-11,13,15,23H,8-9,12H2,1-4H3,(H,30,32). The zero-order valence-electron chi connectivity index (χ0n) is 20.0. The van der Waals surface area contributed by atoms with Gasteiger partial charge in [-0.1, -0.05) is 18.2 Å². The topological polar surface area (TPSA) is 67.4 Å². The van der Waals surface area contributed by atoms with E-state index in [0.29, 0.717) is 24.7 Å². The van der Waals surface area contributed by atoms with E-state index < -0.39 is 29.3 Å². The number of carbonyl (C=O) groups excluding carboxylic acids is 1. The van der Waals surface area contributed by atoms with Crippen molar-refractivity contribution in [1.29, 1.82) is 0 Å². The number of alkyl halides is 2. The molecule has 6 nitrogen and oxygen atoms in total. The molecule has 0 saturated carbocycles. The molecule has 9 heteroatoms. The fourth-order valence-electron chi connectivity index (χ4n) is 5.09. The van der Waals surface area contributed by atoms with Gasteiger partial charge in [0.15, 0.2) is 5.82 Å². The van der Waals surface area contributed by atoms with Crippen molar-refractivity contribution in [3.05, 3.63) is 58.5 Å². The molecule has 2 aliphatic heterocycles. The summed E-state index contributed by atoms with van der Waals surface area (Å²) in [6, 6.07) is 7.19. The first kappa shape index (κ1) is 23.5. The van der Waals surface area contributed by atoms with Gasteiger partial charge in [0.25, 0.3) is 6.43 Å². The van der Waals surface area contributed by atoms with Gasteiger partial charge in [-0.2, -0.15) is 5.10 Å². The maximum Gasteiger partial charge on any atom is 0.266 e. The van der Waals surface area contributed by atoms with E-state index in [1.54, 1.807) is 6.92 Å². The Morgan fingerprint density at radius 1 is 1.17 bits per heavy atom. The second-order valence-corrected chi connectivity index (χ2v) is 9.78. The third kappa shape index (κ3) is 3.73. The molecule has 35 heavy (non-hydrogen) atoms. The van der Waals surface area contributed by atoms with Gasteiger partial charge in [0, 0.05) is 28.6 Å². The van der Waals surface area contributed by atoms with Gasteiger partial charge in [-0.3, -0.25) is 4.79 Å². The zero-order chi connectivity index (χ0) is 25.1. The van der Waals surface area contributed by atoms with Gasteiger partial charge in [-0.25, -0.2) is 13.2 Å². The summed E-state index contributed by atoms with van der Waals surface area (Å²) in [6.45, 7) is 8.45. The minimum Gasteiger partial charge on any atom is -0.379 e. The number of halogens is 3. The largest absolute Gasteiger partial charge is 0.379 e. The Balaban J connectivity index is 1.60. The van der Waals surface area contributed by atoms with E-state index in [-0.39, 0.29) is 17.5 Å². The van der Waals surface area contributed by atoms with E-state index in [4.69, 9.17) is 4.74 Å². The normalized spacial score (nSPS) is 20.1. The van der Waals surface area contributed by atoms with Crippen LogP contribution in [-0.4, -0.2) is 35.4 Å². The maximum absolute atomic E-state index is 14.8. The number of nitrogens with one attached hydrogen (secondary N) is 1. The first-order valence-corrected chi connectivity index (χ1v) is 11.7. The van der Waals surface area contributed by atoms with E-state index in [2.05, 4.69) is 15.5 Å². The molecule has 2 aliphatic rings. The molecule has 0 spiro atoms. The minimum atomic E-state index is -2.91. The lowest BCUT2D eigenvalue weighted by molar-refractivity contribution is -0.122. The highest BCUT2D eigenvalue weighted by molar-refractivity contribution is 6.11. The smallest absolute Gasteiger partial charge is 0.266 e. The third-order valence-electron chi connectivity index (χ3n) is 7.15. The number of nitrogens with zero attached hydrogens (tertiary/aromatic N) is 3. The number of rotatable bonds is 5. The average Bonchev–Trinajstić information content (AvgIpc) is 3.40. The van der Waals surface area contributed by atoms with Gasteiger partial charge in [-0.05, 0) is 51.8 Å². The third-order valence-corrected chi connectivity index (χ3v) is 7.15. The van der Waals surface area contributed by atoms with Crippen LogP contribution in [0.25, 0.3) is 10.8 Å². The summed E-state index contributed by atoms with van der Waals surface area (Å²) < 4.78 is 46.8. The molecule has 5 rings (SSSR count). The van der Waals surface area contributed by atoms with Gasteiger partial charge in [0.05, 0.1) is 35.4 Å². The second-order valence-electron chi connectivity index (χ2n) is 9.78. The fourth-order valence-corrected chi connectivity index (χ4v) is 5.09. The highest BCUT2D eigenvalue weighted by Crippen LogP contribution is 2.46. The van der Waals surface area contributed by atoms with Crippen LogP contribution in [0.5, 0.6) is 0 Å². The van der Waals surface area contributed by atoms with Gasteiger partial charge in [-0.15, -0.1) is 5.10 Å². The minimum absolute atomic E-state index is 0.0191. The van der Waals surface area contributed by atoms with E-state index in [9.17, 15) is 18.0 Å². The quantitative estimate of drug-likeness (QED) is 0.511. The molecule has 3 aromatic rings. The molecule has 0 radical (unpaired) electrons. The molecule has 1 amide bonds. The molecule has 2 aromatic carbocycles. The highest BCUT2D eigenvalue weighted by Gasteiger charge is 2.47. The maximum atomic E-state index is 14.8. The zero-order valence-corrected chi connectivity index (χ0v) is 20.0. The number of hydrogen-bond donors (Lipinski definition) is 1. The monoisotopic (exact) mass is 484 g/mol. The number of aromatic nitrogens is 2. The van der Waals surface area contributed by atoms with Crippen molar-refractivity contribution < 1.29 is 22.7 Å². The van der Waals surface area contributed by atoms with Crippen LogP contribution in [-0.2, 0) is 14.9 Å². The van der Waals surface area contributed by atoms with Gasteiger partial charge >= 0.3 is 0 Å².